The number of benzene rings is 2. The van der Waals surface area contributed by atoms with Crippen LogP contribution in [0, 0.1) is 0 Å². The van der Waals surface area contributed by atoms with Gasteiger partial charge in [0.2, 0.25) is 5.91 Å². The summed E-state index contributed by atoms with van der Waals surface area (Å²) >= 11 is 0. The Bertz CT molecular complexity index is 680. The Morgan fingerprint density at radius 2 is 1.59 bits per heavy atom. The highest BCUT2D eigenvalue weighted by molar-refractivity contribution is 5.97. The van der Waals surface area contributed by atoms with Crippen molar-refractivity contribution in [2.45, 2.75) is 18.9 Å². The van der Waals surface area contributed by atoms with E-state index in [9.17, 15) is 9.59 Å². The molecule has 0 aliphatic carbocycles. The van der Waals surface area contributed by atoms with Crippen molar-refractivity contribution in [1.82, 2.24) is 4.90 Å². The molecule has 22 heavy (non-hydrogen) atoms. The molecule has 2 aromatic carbocycles. The van der Waals surface area contributed by atoms with E-state index in [0.717, 1.165) is 19.4 Å². The number of carbonyl (C=O) groups is 2. The van der Waals surface area contributed by atoms with Crippen LogP contribution >= 0.6 is 0 Å². The van der Waals surface area contributed by atoms with Gasteiger partial charge in [-0.3, -0.25) is 9.59 Å². The van der Waals surface area contributed by atoms with E-state index < -0.39 is 5.91 Å². The smallest absolute Gasteiger partial charge is 0.254 e. The SMILES string of the molecule is NC(=O)c1ccc(C(=O)N2CCC[C@H]2c2ccccc2)cc1. The Morgan fingerprint density at radius 1 is 0.955 bits per heavy atom. The Hall–Kier alpha value is -2.62. The van der Waals surface area contributed by atoms with Gasteiger partial charge in [0.25, 0.3) is 5.91 Å². The molecule has 2 aromatic rings. The van der Waals surface area contributed by atoms with Crippen LogP contribution in [0.2, 0.25) is 0 Å². The highest BCUT2D eigenvalue weighted by atomic mass is 16.2. The first kappa shape index (κ1) is 14.3. The first-order valence-corrected chi connectivity index (χ1v) is 7.42. The highest BCUT2D eigenvalue weighted by Gasteiger charge is 2.30. The fourth-order valence-electron chi connectivity index (χ4n) is 2.97. The number of likely N-dealkylation sites (tertiary alicyclic amines) is 1. The van der Waals surface area contributed by atoms with E-state index in [1.54, 1.807) is 24.3 Å². The standard InChI is InChI=1S/C18H18N2O2/c19-17(21)14-8-10-15(11-9-14)18(22)20-12-4-7-16(20)13-5-2-1-3-6-13/h1-3,5-6,8-11,16H,4,7,12H2,(H2,19,21)/t16-/m0/s1. The minimum absolute atomic E-state index is 0.00220. The number of amides is 2. The maximum atomic E-state index is 12.7. The molecule has 1 atom stereocenters. The summed E-state index contributed by atoms with van der Waals surface area (Å²) in [6.45, 7) is 0.760. The zero-order chi connectivity index (χ0) is 15.5. The Morgan fingerprint density at radius 3 is 2.23 bits per heavy atom. The van der Waals surface area contributed by atoms with Gasteiger partial charge in [0.15, 0.2) is 0 Å². The quantitative estimate of drug-likeness (QED) is 0.946. The predicted molar refractivity (Wildman–Crippen MR) is 84.4 cm³/mol. The van der Waals surface area contributed by atoms with E-state index >= 15 is 0 Å². The second-order valence-electron chi connectivity index (χ2n) is 5.51. The number of carbonyl (C=O) groups excluding carboxylic acids is 2. The number of nitrogens with two attached hydrogens (primary N) is 1. The summed E-state index contributed by atoms with van der Waals surface area (Å²) in [5.74, 6) is -0.482. The van der Waals surface area contributed by atoms with E-state index in [2.05, 4.69) is 12.1 Å². The molecule has 2 N–H and O–H groups in total. The lowest BCUT2D eigenvalue weighted by molar-refractivity contribution is 0.0735. The summed E-state index contributed by atoms with van der Waals surface area (Å²) in [5.41, 5.74) is 7.40. The molecule has 4 heteroatoms. The molecular formula is C18H18N2O2. The van der Waals surface area contributed by atoms with Gasteiger partial charge in [-0.05, 0) is 42.7 Å². The van der Waals surface area contributed by atoms with Crippen molar-refractivity contribution < 1.29 is 9.59 Å². The van der Waals surface area contributed by atoms with Gasteiger partial charge in [0, 0.05) is 17.7 Å². The summed E-state index contributed by atoms with van der Waals surface area (Å²) in [6, 6.07) is 16.8. The summed E-state index contributed by atoms with van der Waals surface area (Å²) in [6.07, 6.45) is 1.99. The number of primary amides is 1. The third-order valence-corrected chi connectivity index (χ3v) is 4.11. The van der Waals surface area contributed by atoms with Crippen LogP contribution in [0.4, 0.5) is 0 Å². The molecule has 4 nitrogen and oxygen atoms in total. The molecule has 0 radical (unpaired) electrons. The van der Waals surface area contributed by atoms with Crippen LogP contribution in [0.1, 0.15) is 45.2 Å². The van der Waals surface area contributed by atoms with Gasteiger partial charge < -0.3 is 10.6 Å². The summed E-state index contributed by atoms with van der Waals surface area (Å²) in [7, 11) is 0. The minimum atomic E-state index is -0.484. The molecule has 0 unspecified atom stereocenters. The summed E-state index contributed by atoms with van der Waals surface area (Å²) < 4.78 is 0. The third kappa shape index (κ3) is 2.72. The molecule has 0 saturated carbocycles. The molecule has 0 aromatic heterocycles. The van der Waals surface area contributed by atoms with Gasteiger partial charge in [0.05, 0.1) is 6.04 Å². The van der Waals surface area contributed by atoms with Crippen LogP contribution in [0.15, 0.2) is 54.6 Å². The Kier molecular flexibility index (Phi) is 3.92. The normalized spacial score (nSPS) is 17.5. The van der Waals surface area contributed by atoms with Crippen LogP contribution in [0.3, 0.4) is 0 Å². The van der Waals surface area contributed by atoms with Gasteiger partial charge in [-0.2, -0.15) is 0 Å². The predicted octanol–water partition coefficient (Wildman–Crippen LogP) is 2.76. The number of nitrogens with zero attached hydrogens (tertiary/aromatic N) is 1. The molecular weight excluding hydrogens is 276 g/mol. The van der Waals surface area contributed by atoms with Gasteiger partial charge in [-0.15, -0.1) is 0 Å². The zero-order valence-corrected chi connectivity index (χ0v) is 12.2. The Balaban J connectivity index is 1.83. The van der Waals surface area contributed by atoms with Crippen molar-refractivity contribution in [2.75, 3.05) is 6.54 Å². The average Bonchev–Trinajstić information content (AvgIpc) is 3.04. The first-order valence-electron chi connectivity index (χ1n) is 7.42. The topological polar surface area (TPSA) is 63.4 Å². The van der Waals surface area contributed by atoms with Gasteiger partial charge in [-0.1, -0.05) is 30.3 Å². The summed E-state index contributed by atoms with van der Waals surface area (Å²) in [5, 5.41) is 0. The van der Waals surface area contributed by atoms with E-state index in [0.29, 0.717) is 11.1 Å². The van der Waals surface area contributed by atoms with Crippen LogP contribution in [-0.2, 0) is 0 Å². The minimum Gasteiger partial charge on any atom is -0.366 e. The maximum absolute atomic E-state index is 12.7. The molecule has 3 rings (SSSR count). The van der Waals surface area contributed by atoms with Crippen molar-refractivity contribution >= 4 is 11.8 Å². The molecule has 0 spiro atoms. The van der Waals surface area contributed by atoms with Crippen molar-refractivity contribution in [1.29, 1.82) is 0 Å². The molecule has 1 aliphatic heterocycles. The van der Waals surface area contributed by atoms with Gasteiger partial charge in [0.1, 0.15) is 0 Å². The maximum Gasteiger partial charge on any atom is 0.254 e. The largest absolute Gasteiger partial charge is 0.366 e. The highest BCUT2D eigenvalue weighted by Crippen LogP contribution is 2.32. The van der Waals surface area contributed by atoms with E-state index in [1.807, 2.05) is 23.1 Å². The molecule has 1 aliphatic rings. The number of hydrogen-bond donors (Lipinski definition) is 1. The number of rotatable bonds is 3. The van der Waals surface area contributed by atoms with Crippen molar-refractivity contribution in [2.24, 2.45) is 5.73 Å². The van der Waals surface area contributed by atoms with Crippen LogP contribution in [0.5, 0.6) is 0 Å². The average molecular weight is 294 g/mol. The van der Waals surface area contributed by atoms with Crippen molar-refractivity contribution in [3.05, 3.63) is 71.3 Å². The van der Waals surface area contributed by atoms with E-state index in [-0.39, 0.29) is 11.9 Å². The van der Waals surface area contributed by atoms with Crippen molar-refractivity contribution in [3.63, 3.8) is 0 Å². The van der Waals surface area contributed by atoms with Crippen LogP contribution in [-0.4, -0.2) is 23.3 Å². The number of hydrogen-bond acceptors (Lipinski definition) is 2. The summed E-state index contributed by atoms with van der Waals surface area (Å²) in [4.78, 5) is 25.7. The lowest BCUT2D eigenvalue weighted by atomic mass is 10.0. The molecule has 2 amide bonds. The Labute approximate surface area is 129 Å². The van der Waals surface area contributed by atoms with Gasteiger partial charge >= 0.3 is 0 Å². The lowest BCUT2D eigenvalue weighted by Crippen LogP contribution is -2.30. The molecule has 0 bridgehead atoms. The molecule has 112 valence electrons. The van der Waals surface area contributed by atoms with Crippen LogP contribution in [0.25, 0.3) is 0 Å². The lowest BCUT2D eigenvalue weighted by Gasteiger charge is -2.25. The van der Waals surface area contributed by atoms with E-state index in [4.69, 9.17) is 5.73 Å². The second-order valence-corrected chi connectivity index (χ2v) is 5.51. The monoisotopic (exact) mass is 294 g/mol. The fraction of sp³-hybridized carbons (Fsp3) is 0.222. The first-order chi connectivity index (χ1) is 10.7. The fourth-order valence-corrected chi connectivity index (χ4v) is 2.97. The van der Waals surface area contributed by atoms with E-state index in [1.165, 1.54) is 5.56 Å². The zero-order valence-electron chi connectivity index (χ0n) is 12.2. The molecule has 1 fully saturated rings. The van der Waals surface area contributed by atoms with Crippen molar-refractivity contribution in [3.8, 4) is 0 Å². The van der Waals surface area contributed by atoms with Crippen LogP contribution < -0.4 is 5.73 Å². The molecule has 1 saturated heterocycles. The van der Waals surface area contributed by atoms with Gasteiger partial charge in [-0.25, -0.2) is 0 Å². The molecule has 1 heterocycles. The third-order valence-electron chi connectivity index (χ3n) is 4.11. The second kappa shape index (κ2) is 6.02.